The van der Waals surface area contributed by atoms with E-state index in [4.69, 9.17) is 23.7 Å². The Bertz CT molecular complexity index is 798. The van der Waals surface area contributed by atoms with E-state index >= 15 is 0 Å². The Morgan fingerprint density at radius 3 is 2.33 bits per heavy atom. The van der Waals surface area contributed by atoms with Gasteiger partial charge in [-0.25, -0.2) is 0 Å². The first-order valence-corrected chi connectivity index (χ1v) is 7.07. The number of ketones is 1. The third-order valence-electron chi connectivity index (χ3n) is 3.67. The zero-order chi connectivity index (χ0) is 17.3. The highest BCUT2D eigenvalue weighted by Gasteiger charge is 2.30. The summed E-state index contributed by atoms with van der Waals surface area (Å²) >= 11 is 0. The van der Waals surface area contributed by atoms with E-state index in [1.165, 1.54) is 39.5 Å². The number of phenolic OH excluding ortho intramolecular Hbond substituents is 1. The van der Waals surface area contributed by atoms with Gasteiger partial charge in [0.25, 0.3) is 0 Å². The van der Waals surface area contributed by atoms with Crippen molar-refractivity contribution >= 4 is 5.78 Å². The van der Waals surface area contributed by atoms with E-state index in [2.05, 4.69) is 0 Å². The fourth-order valence-electron chi connectivity index (χ4n) is 2.52. The fraction of sp³-hybridized carbons (Fsp3) is 0.235. The van der Waals surface area contributed by atoms with Gasteiger partial charge >= 0.3 is 0 Å². The molecule has 2 aromatic rings. The van der Waals surface area contributed by atoms with Crippen molar-refractivity contribution in [2.24, 2.45) is 0 Å². The molecule has 0 aliphatic carbocycles. The predicted octanol–water partition coefficient (Wildman–Crippen LogP) is 2.38. The van der Waals surface area contributed by atoms with Crippen molar-refractivity contribution in [1.82, 2.24) is 0 Å². The molecule has 0 radical (unpaired) electrons. The second-order valence-corrected chi connectivity index (χ2v) is 4.94. The molecule has 0 atom stereocenters. The molecule has 0 aromatic heterocycles. The Balaban J connectivity index is 2.11. The molecule has 0 saturated carbocycles. The van der Waals surface area contributed by atoms with Crippen LogP contribution in [0.3, 0.4) is 0 Å². The smallest absolute Gasteiger partial charge is 0.231 e. The summed E-state index contributed by atoms with van der Waals surface area (Å²) in [5.74, 6) is 1.12. The van der Waals surface area contributed by atoms with Crippen molar-refractivity contribution in [1.29, 1.82) is 0 Å². The number of benzene rings is 2. The highest BCUT2D eigenvalue weighted by atomic mass is 16.7. The first kappa shape index (κ1) is 15.8. The standard InChI is InChI=1S/C17H16O7/c1-20-12-5-4-9(6-11(12)18)14(19)10-7-13(21-2)16-17(15(10)22-3)24-8-23-16/h4-7,18H,8H2,1-3H3. The van der Waals surface area contributed by atoms with Gasteiger partial charge in [-0.2, -0.15) is 0 Å². The number of aromatic hydroxyl groups is 1. The lowest BCUT2D eigenvalue weighted by molar-refractivity contribution is 0.103. The Kier molecular flexibility index (Phi) is 4.07. The molecule has 3 rings (SSSR count). The number of phenols is 1. The summed E-state index contributed by atoms with van der Waals surface area (Å²) in [5.41, 5.74) is 0.510. The normalized spacial score (nSPS) is 12.0. The van der Waals surface area contributed by atoms with Crippen molar-refractivity contribution in [2.45, 2.75) is 0 Å². The van der Waals surface area contributed by atoms with E-state index in [1.54, 1.807) is 6.07 Å². The Morgan fingerprint density at radius 2 is 1.71 bits per heavy atom. The van der Waals surface area contributed by atoms with E-state index in [9.17, 15) is 9.90 Å². The van der Waals surface area contributed by atoms with Gasteiger partial charge in [0.1, 0.15) is 0 Å². The van der Waals surface area contributed by atoms with Crippen molar-refractivity contribution in [3.8, 4) is 34.5 Å². The topological polar surface area (TPSA) is 83.5 Å². The van der Waals surface area contributed by atoms with Crippen LogP contribution in [0.15, 0.2) is 24.3 Å². The van der Waals surface area contributed by atoms with E-state index in [0.717, 1.165) is 0 Å². The van der Waals surface area contributed by atoms with Crippen molar-refractivity contribution in [3.05, 3.63) is 35.4 Å². The second kappa shape index (κ2) is 6.19. The van der Waals surface area contributed by atoms with Gasteiger partial charge < -0.3 is 28.8 Å². The molecule has 7 nitrogen and oxygen atoms in total. The average molecular weight is 332 g/mol. The van der Waals surface area contributed by atoms with Gasteiger partial charge in [-0.1, -0.05) is 0 Å². The maximum atomic E-state index is 12.9. The second-order valence-electron chi connectivity index (χ2n) is 4.94. The number of rotatable bonds is 5. The van der Waals surface area contributed by atoms with Crippen LogP contribution in [0.4, 0.5) is 0 Å². The largest absolute Gasteiger partial charge is 0.504 e. The molecular weight excluding hydrogens is 316 g/mol. The van der Waals surface area contributed by atoms with Crippen LogP contribution in [0.5, 0.6) is 34.5 Å². The molecule has 0 fully saturated rings. The van der Waals surface area contributed by atoms with Crippen LogP contribution in [0.2, 0.25) is 0 Å². The molecule has 0 saturated heterocycles. The molecule has 1 N–H and O–H groups in total. The SMILES string of the molecule is COc1ccc(C(=O)c2cc(OC)c3c(c2OC)OCO3)cc1O. The number of hydrogen-bond acceptors (Lipinski definition) is 7. The summed E-state index contributed by atoms with van der Waals surface area (Å²) in [4.78, 5) is 12.9. The van der Waals surface area contributed by atoms with Crippen molar-refractivity contribution in [2.75, 3.05) is 28.1 Å². The van der Waals surface area contributed by atoms with Gasteiger partial charge in [0.2, 0.25) is 18.3 Å². The molecular formula is C17H16O7. The highest BCUT2D eigenvalue weighted by Crippen LogP contribution is 2.50. The first-order chi connectivity index (χ1) is 11.6. The molecule has 1 heterocycles. The van der Waals surface area contributed by atoms with Gasteiger partial charge in [0.05, 0.1) is 26.9 Å². The highest BCUT2D eigenvalue weighted by molar-refractivity contribution is 6.12. The summed E-state index contributed by atoms with van der Waals surface area (Å²) in [6.45, 7) is 0.0169. The van der Waals surface area contributed by atoms with Crippen LogP contribution in [-0.2, 0) is 0 Å². The van der Waals surface area contributed by atoms with Crippen LogP contribution >= 0.6 is 0 Å². The van der Waals surface area contributed by atoms with Crippen molar-refractivity contribution in [3.63, 3.8) is 0 Å². The number of methoxy groups -OCH3 is 3. The first-order valence-electron chi connectivity index (χ1n) is 7.07. The summed E-state index contributed by atoms with van der Waals surface area (Å²) in [6, 6.07) is 5.92. The number of carbonyl (C=O) groups excluding carboxylic acids is 1. The minimum absolute atomic E-state index is 0.0169. The van der Waals surface area contributed by atoms with Gasteiger partial charge in [0.15, 0.2) is 28.8 Å². The van der Waals surface area contributed by atoms with Gasteiger partial charge in [0, 0.05) is 5.56 Å². The molecule has 0 bridgehead atoms. The van der Waals surface area contributed by atoms with Gasteiger partial charge in [-0.05, 0) is 24.3 Å². The average Bonchev–Trinajstić information content (AvgIpc) is 3.09. The minimum Gasteiger partial charge on any atom is -0.504 e. The van der Waals surface area contributed by atoms with Crippen LogP contribution < -0.4 is 23.7 Å². The molecule has 1 aliphatic heterocycles. The maximum absolute atomic E-state index is 12.9. The Hall–Kier alpha value is -3.09. The van der Waals surface area contributed by atoms with E-state index in [0.29, 0.717) is 17.2 Å². The summed E-state index contributed by atoms with van der Waals surface area (Å²) in [6.07, 6.45) is 0. The maximum Gasteiger partial charge on any atom is 0.231 e. The van der Waals surface area contributed by atoms with Gasteiger partial charge in [-0.3, -0.25) is 4.79 Å². The van der Waals surface area contributed by atoms with Crippen molar-refractivity contribution < 1.29 is 33.6 Å². The lowest BCUT2D eigenvalue weighted by atomic mass is 10.0. The zero-order valence-corrected chi connectivity index (χ0v) is 13.4. The minimum atomic E-state index is -0.360. The number of fused-ring (bicyclic) bond motifs is 1. The molecule has 0 unspecified atom stereocenters. The lowest BCUT2D eigenvalue weighted by Crippen LogP contribution is -2.05. The van der Waals surface area contributed by atoms with Crippen LogP contribution in [0.25, 0.3) is 0 Å². The van der Waals surface area contributed by atoms with Crippen LogP contribution in [-0.4, -0.2) is 39.0 Å². The molecule has 0 amide bonds. The number of ether oxygens (including phenoxy) is 5. The Labute approximate surface area is 138 Å². The number of hydrogen-bond donors (Lipinski definition) is 1. The van der Waals surface area contributed by atoms with E-state index in [1.807, 2.05) is 0 Å². The molecule has 2 aromatic carbocycles. The van der Waals surface area contributed by atoms with Gasteiger partial charge in [-0.15, -0.1) is 0 Å². The summed E-state index contributed by atoms with van der Waals surface area (Å²) in [7, 11) is 4.34. The molecule has 1 aliphatic rings. The summed E-state index contributed by atoms with van der Waals surface area (Å²) < 4.78 is 26.3. The summed E-state index contributed by atoms with van der Waals surface area (Å²) in [5, 5.41) is 9.89. The molecule has 0 spiro atoms. The third-order valence-corrected chi connectivity index (χ3v) is 3.67. The molecule has 7 heteroatoms. The fourth-order valence-corrected chi connectivity index (χ4v) is 2.52. The van der Waals surface area contributed by atoms with Crippen LogP contribution in [0, 0.1) is 0 Å². The lowest BCUT2D eigenvalue weighted by Gasteiger charge is -2.13. The quantitative estimate of drug-likeness (QED) is 0.842. The Morgan fingerprint density at radius 1 is 1.00 bits per heavy atom. The molecule has 24 heavy (non-hydrogen) atoms. The predicted molar refractivity (Wildman–Crippen MR) is 83.8 cm³/mol. The van der Waals surface area contributed by atoms with E-state index in [-0.39, 0.29) is 41.0 Å². The van der Waals surface area contributed by atoms with E-state index < -0.39 is 0 Å². The van der Waals surface area contributed by atoms with Crippen LogP contribution in [0.1, 0.15) is 15.9 Å². The number of carbonyl (C=O) groups is 1. The molecule has 126 valence electrons. The zero-order valence-electron chi connectivity index (χ0n) is 13.4. The third kappa shape index (κ3) is 2.44. The monoisotopic (exact) mass is 332 g/mol.